The van der Waals surface area contributed by atoms with Crippen molar-refractivity contribution in [3.63, 3.8) is 0 Å². The summed E-state index contributed by atoms with van der Waals surface area (Å²) in [6.45, 7) is 0. The van der Waals surface area contributed by atoms with E-state index in [1.165, 1.54) is 124 Å². The summed E-state index contributed by atoms with van der Waals surface area (Å²) < 4.78 is 5.25. The Balaban J connectivity index is 0.000000133. The quantitative estimate of drug-likeness (QED) is 0.0914. The first kappa shape index (κ1) is 72.8. The number of anilines is 5. The van der Waals surface area contributed by atoms with Crippen molar-refractivity contribution in [2.45, 2.75) is 10.8 Å². The van der Waals surface area contributed by atoms with Crippen LogP contribution in [0.1, 0.15) is 44.5 Å². The molecule has 2 aromatic heterocycles. The molecular weight excluding hydrogens is 1450 g/mol. The van der Waals surface area contributed by atoms with Gasteiger partial charge in [0.15, 0.2) is 0 Å². The zero-order chi connectivity index (χ0) is 77.2. The lowest BCUT2D eigenvalue weighted by Crippen LogP contribution is -2.30. The van der Waals surface area contributed by atoms with Crippen molar-refractivity contribution in [3.8, 4) is 44.5 Å². The fourth-order valence-electron chi connectivity index (χ4n) is 16.5. The first-order valence-electron chi connectivity index (χ1n) is 39.0. The van der Waals surface area contributed by atoms with Crippen molar-refractivity contribution in [1.29, 1.82) is 0 Å². The van der Waals surface area contributed by atoms with Gasteiger partial charge in [-0.15, -0.1) is 22.7 Å². The number of rotatable bonds is 17. The van der Waals surface area contributed by atoms with Crippen LogP contribution in [0.5, 0.6) is 0 Å². The molecule has 5 heteroatoms. The van der Waals surface area contributed by atoms with Gasteiger partial charge < -0.3 is 10.2 Å². The molecule has 20 rings (SSSR count). The third-order valence-electron chi connectivity index (χ3n) is 22.0. The van der Waals surface area contributed by atoms with Crippen LogP contribution in [0, 0.1) is 0 Å². The van der Waals surface area contributed by atoms with Crippen molar-refractivity contribution in [1.82, 2.24) is 0 Å². The fourth-order valence-corrected chi connectivity index (χ4v) is 18.9. The molecule has 0 aliphatic rings. The van der Waals surface area contributed by atoms with Gasteiger partial charge in [-0.25, -0.2) is 0 Å². The number of halogens is 1. The van der Waals surface area contributed by atoms with E-state index >= 15 is 0 Å². The third kappa shape index (κ3) is 15.0. The maximum Gasteiger partial charge on any atom is 0.0701 e. The predicted octanol–water partition coefficient (Wildman–Crippen LogP) is 31.1. The highest BCUT2D eigenvalue weighted by Crippen LogP contribution is 2.49. The van der Waals surface area contributed by atoms with Crippen molar-refractivity contribution in [2.75, 3.05) is 10.2 Å². The molecule has 0 saturated heterocycles. The van der Waals surface area contributed by atoms with E-state index in [4.69, 9.17) is 11.6 Å². The summed E-state index contributed by atoms with van der Waals surface area (Å²) in [7, 11) is 0. The van der Waals surface area contributed by atoms with Crippen LogP contribution >= 0.6 is 34.3 Å². The van der Waals surface area contributed by atoms with Gasteiger partial charge in [0.05, 0.1) is 10.8 Å². The minimum Gasteiger partial charge on any atom is -0.355 e. The predicted molar refractivity (Wildman–Crippen MR) is 493 cm³/mol. The molecule has 18 aromatic carbocycles. The van der Waals surface area contributed by atoms with Crippen molar-refractivity contribution < 1.29 is 0 Å². The van der Waals surface area contributed by atoms with Gasteiger partial charge in [0.25, 0.3) is 0 Å². The minimum atomic E-state index is -0.474. The van der Waals surface area contributed by atoms with Gasteiger partial charge in [0.1, 0.15) is 0 Å². The zero-order valence-corrected chi connectivity index (χ0v) is 65.6. The molecule has 115 heavy (non-hydrogen) atoms. The molecule has 0 saturated carbocycles. The van der Waals surface area contributed by atoms with Crippen LogP contribution < -0.4 is 10.2 Å². The summed E-state index contributed by atoms with van der Waals surface area (Å²) in [5.41, 5.74) is 24.2. The molecule has 0 spiro atoms. The zero-order valence-electron chi connectivity index (χ0n) is 63.2. The van der Waals surface area contributed by atoms with Gasteiger partial charge in [0, 0.05) is 73.8 Å². The molecule has 0 fully saturated rings. The molecule has 20 aromatic rings. The summed E-state index contributed by atoms with van der Waals surface area (Å²) in [6.07, 6.45) is 0. The van der Waals surface area contributed by atoms with Crippen LogP contribution in [0.3, 0.4) is 0 Å². The molecule has 1 N–H and O–H groups in total. The number of nitrogens with zero attached hydrogens (tertiary/aromatic N) is 1. The highest BCUT2D eigenvalue weighted by Gasteiger charge is 2.40. The Morgan fingerprint density at radius 3 is 0.791 bits per heavy atom. The highest BCUT2D eigenvalue weighted by molar-refractivity contribution is 7.26. The van der Waals surface area contributed by atoms with Crippen molar-refractivity contribution in [2.24, 2.45) is 0 Å². The second kappa shape index (κ2) is 33.3. The molecule has 0 aliphatic carbocycles. The van der Waals surface area contributed by atoms with E-state index in [0.29, 0.717) is 0 Å². The molecule has 0 atom stereocenters. The van der Waals surface area contributed by atoms with Crippen LogP contribution in [0.25, 0.3) is 84.9 Å². The average molecular weight is 1530 g/mol. The molecular formula is C110H79ClN2S2. The molecule has 2 nitrogen and oxygen atoms in total. The number of benzene rings is 18. The Morgan fingerprint density at radius 2 is 0.435 bits per heavy atom. The van der Waals surface area contributed by atoms with E-state index in [1.54, 1.807) is 0 Å². The summed E-state index contributed by atoms with van der Waals surface area (Å²) in [5, 5.41) is 9.56. The summed E-state index contributed by atoms with van der Waals surface area (Å²) in [6, 6.07) is 170. The van der Waals surface area contributed by atoms with Crippen LogP contribution in [-0.4, -0.2) is 0 Å². The van der Waals surface area contributed by atoms with Crippen LogP contribution in [0.4, 0.5) is 28.4 Å². The number of hydrogen-bond donors (Lipinski definition) is 1. The van der Waals surface area contributed by atoms with Crippen molar-refractivity contribution in [3.05, 3.63) is 523 Å². The lowest BCUT2D eigenvalue weighted by molar-refractivity contribution is 0.745. The molecule has 0 bridgehead atoms. The molecule has 0 aliphatic heterocycles. The maximum atomic E-state index is 6.09. The van der Waals surface area contributed by atoms with Gasteiger partial charge in [-0.05, 0) is 174 Å². The summed E-state index contributed by atoms with van der Waals surface area (Å²) in [5.74, 6) is 0. The second-order valence-electron chi connectivity index (χ2n) is 28.8. The number of nitrogens with one attached hydrogen (secondary N) is 1. The van der Waals surface area contributed by atoms with E-state index in [1.807, 2.05) is 40.9 Å². The lowest BCUT2D eigenvalue weighted by Gasteiger charge is -2.37. The molecule has 0 amide bonds. The van der Waals surface area contributed by atoms with Crippen molar-refractivity contribution >= 4 is 103 Å². The third-order valence-corrected chi connectivity index (χ3v) is 24.5. The van der Waals surface area contributed by atoms with Gasteiger partial charge in [-0.3, -0.25) is 0 Å². The van der Waals surface area contributed by atoms with Crippen LogP contribution in [0.2, 0.25) is 5.02 Å². The Bertz CT molecular complexity index is 6390. The molecule has 548 valence electrons. The SMILES string of the molecule is Clc1ccc(-c2ccc(C(c3ccccc3)(c3ccccc3)c3ccccc3)cc2)cc1.c1ccc(-c2ccc(N(c3ccc(-c4ccc(C(c5ccccc5)(c5ccccc5)c5ccccc5)cc4)cc3)c3ccc4c(c3)sc3ccccc34)cc2)cc1.c1ccc(-c2ccc(Nc3ccc4c(c3)sc3ccccc34)cc2)cc1. The van der Waals surface area contributed by atoms with Gasteiger partial charge in [0.2, 0.25) is 0 Å². The van der Waals surface area contributed by atoms with E-state index in [9.17, 15) is 0 Å². The Kier molecular flexibility index (Phi) is 21.1. The Labute approximate surface area is 686 Å². The normalized spacial score (nSPS) is 11.3. The van der Waals surface area contributed by atoms with E-state index in [-0.39, 0.29) is 0 Å². The molecule has 0 radical (unpaired) electrons. The molecule has 0 unspecified atom stereocenters. The fraction of sp³-hybridized carbons (Fsp3) is 0.0182. The standard InChI is InChI=1S/C55H39NS.C31H23Cl.C24H17NS/c1-5-15-40(16-6-1)42-27-33-48(34-28-42)56(50-37-38-52-51-23-13-14-24-53(51)57-54(52)39-50)49-35-29-43(30-36-49)41-25-31-47(32-26-41)55(44-17-7-2-8-18-44,45-19-9-3-10-20-45)46-21-11-4-12-22-46;32-30-22-18-25(19-23-30)24-16-20-29(21-17-24)31(26-10-4-1-5-11-26,27-12-6-2-7-13-27)28-14-8-3-9-15-28;1-2-6-17(7-3-1)18-10-12-19(13-11-18)25-20-14-15-22-21-8-4-5-9-23(21)26-24(22)16-20/h1-39H;1-23H;1-16,25H. The van der Waals surface area contributed by atoms with Crippen LogP contribution in [0.15, 0.2) is 473 Å². The summed E-state index contributed by atoms with van der Waals surface area (Å²) >= 11 is 9.79. The maximum absolute atomic E-state index is 6.09. The largest absolute Gasteiger partial charge is 0.355 e. The van der Waals surface area contributed by atoms with E-state index in [0.717, 1.165) is 39.0 Å². The van der Waals surface area contributed by atoms with Crippen LogP contribution in [-0.2, 0) is 10.8 Å². The monoisotopic (exact) mass is 1530 g/mol. The first-order valence-corrected chi connectivity index (χ1v) is 41.0. The Hall–Kier alpha value is -13.7. The topological polar surface area (TPSA) is 15.3 Å². The van der Waals surface area contributed by atoms with E-state index < -0.39 is 10.8 Å². The number of fused-ring (bicyclic) bond motifs is 6. The average Bonchev–Trinajstić information content (AvgIpc) is 1.35. The first-order chi connectivity index (χ1) is 56.9. The van der Waals surface area contributed by atoms with E-state index in [2.05, 4.69) is 465 Å². The molecule has 2 heterocycles. The smallest absolute Gasteiger partial charge is 0.0701 e. The summed E-state index contributed by atoms with van der Waals surface area (Å²) in [4.78, 5) is 2.37. The Morgan fingerprint density at radius 1 is 0.191 bits per heavy atom. The highest BCUT2D eigenvalue weighted by atomic mass is 35.5. The van der Waals surface area contributed by atoms with Gasteiger partial charge in [-0.2, -0.15) is 0 Å². The minimum absolute atomic E-state index is 0.414. The lowest BCUT2D eigenvalue weighted by atomic mass is 9.65. The number of thiophene rings is 2. The van der Waals surface area contributed by atoms with Gasteiger partial charge in [-0.1, -0.05) is 400 Å². The van der Waals surface area contributed by atoms with Gasteiger partial charge >= 0.3 is 0 Å². The second-order valence-corrected chi connectivity index (χ2v) is 31.4. The number of hydrogen-bond acceptors (Lipinski definition) is 4.